The Morgan fingerprint density at radius 3 is 2.48 bits per heavy atom. The Hall–Kier alpha value is -0.940. The van der Waals surface area contributed by atoms with Crippen molar-refractivity contribution in [2.24, 2.45) is 5.92 Å². The van der Waals surface area contributed by atoms with Gasteiger partial charge in [-0.3, -0.25) is 4.90 Å². The van der Waals surface area contributed by atoms with E-state index in [1.165, 1.54) is 24.9 Å². The Labute approximate surface area is 138 Å². The van der Waals surface area contributed by atoms with Crippen LogP contribution in [0.3, 0.4) is 0 Å². The zero-order valence-electron chi connectivity index (χ0n) is 13.8. The second kappa shape index (κ2) is 6.89. The first-order valence-electron chi connectivity index (χ1n) is 8.99. The van der Waals surface area contributed by atoms with Crippen LogP contribution in [0, 0.1) is 5.92 Å². The molecule has 0 aromatic heterocycles. The second-order valence-corrected chi connectivity index (χ2v) is 7.05. The van der Waals surface area contributed by atoms with Gasteiger partial charge in [-0.15, -0.1) is 0 Å². The third-order valence-electron chi connectivity index (χ3n) is 5.60. The Kier molecular flexibility index (Phi) is 4.67. The summed E-state index contributed by atoms with van der Waals surface area (Å²) in [5.74, 6) is 0.512. The topological polar surface area (TPSA) is 30.9 Å². The van der Waals surface area contributed by atoms with Gasteiger partial charge in [0.25, 0.3) is 0 Å². The fourth-order valence-electron chi connectivity index (χ4n) is 4.26. The van der Waals surface area contributed by atoms with Crippen LogP contribution in [-0.2, 0) is 14.2 Å². The van der Waals surface area contributed by atoms with Crippen molar-refractivity contribution in [2.45, 2.75) is 37.5 Å². The van der Waals surface area contributed by atoms with Crippen molar-refractivity contribution in [3.05, 3.63) is 35.9 Å². The van der Waals surface area contributed by atoms with Gasteiger partial charge in [0.1, 0.15) is 0 Å². The molecule has 1 aliphatic carbocycles. The average Bonchev–Trinajstić information content (AvgIpc) is 3.07. The van der Waals surface area contributed by atoms with Crippen LogP contribution in [0.25, 0.3) is 0 Å². The first-order valence-corrected chi connectivity index (χ1v) is 8.99. The number of hydrogen-bond acceptors (Lipinski definition) is 4. The molecule has 1 atom stereocenters. The maximum atomic E-state index is 5.85. The maximum absolute atomic E-state index is 5.85. The van der Waals surface area contributed by atoms with Gasteiger partial charge >= 0.3 is 0 Å². The molecule has 4 heteroatoms. The Balaban J connectivity index is 1.37. The summed E-state index contributed by atoms with van der Waals surface area (Å²) in [5, 5.41) is 0. The highest BCUT2D eigenvalue weighted by atomic mass is 16.7. The number of rotatable bonds is 3. The smallest absolute Gasteiger partial charge is 0.168 e. The summed E-state index contributed by atoms with van der Waals surface area (Å²) in [6.07, 6.45) is 4.52. The third kappa shape index (κ3) is 3.45. The van der Waals surface area contributed by atoms with E-state index < -0.39 is 0 Å². The highest BCUT2D eigenvalue weighted by Gasteiger charge is 2.41. The molecule has 4 rings (SSSR count). The molecule has 0 N–H and O–H groups in total. The van der Waals surface area contributed by atoms with E-state index in [1.807, 2.05) is 0 Å². The summed E-state index contributed by atoms with van der Waals surface area (Å²) in [5.41, 5.74) is 1.38. The molecule has 3 aliphatic rings. The molecular weight excluding hydrogens is 290 g/mol. The van der Waals surface area contributed by atoms with Crippen LogP contribution >= 0.6 is 0 Å². The average molecular weight is 317 g/mol. The van der Waals surface area contributed by atoms with E-state index in [-0.39, 0.29) is 5.79 Å². The molecule has 3 fully saturated rings. The lowest BCUT2D eigenvalue weighted by atomic mass is 9.84. The van der Waals surface area contributed by atoms with Crippen molar-refractivity contribution >= 4 is 0 Å². The maximum Gasteiger partial charge on any atom is 0.168 e. The van der Waals surface area contributed by atoms with Crippen LogP contribution in [0.4, 0.5) is 0 Å². The SMILES string of the molecule is c1ccc(C2COCCN2CC2CCC3(CC2)OCCO3)cc1. The van der Waals surface area contributed by atoms with Crippen LogP contribution in [0.2, 0.25) is 0 Å². The van der Waals surface area contributed by atoms with E-state index in [4.69, 9.17) is 14.2 Å². The Morgan fingerprint density at radius 2 is 1.74 bits per heavy atom. The van der Waals surface area contributed by atoms with Crippen molar-refractivity contribution in [3.8, 4) is 0 Å². The monoisotopic (exact) mass is 317 g/mol. The lowest BCUT2D eigenvalue weighted by Gasteiger charge is -2.41. The summed E-state index contributed by atoms with van der Waals surface area (Å²) >= 11 is 0. The molecule has 1 saturated carbocycles. The largest absolute Gasteiger partial charge is 0.378 e. The third-order valence-corrected chi connectivity index (χ3v) is 5.60. The lowest BCUT2D eigenvalue weighted by Crippen LogP contribution is -2.44. The summed E-state index contributed by atoms with van der Waals surface area (Å²) in [7, 11) is 0. The Bertz CT molecular complexity index is 491. The number of morpholine rings is 1. The van der Waals surface area contributed by atoms with Crippen LogP contribution in [0.5, 0.6) is 0 Å². The Morgan fingerprint density at radius 1 is 1.00 bits per heavy atom. The molecule has 1 aromatic rings. The molecule has 0 bridgehead atoms. The van der Waals surface area contributed by atoms with Crippen molar-refractivity contribution < 1.29 is 14.2 Å². The van der Waals surface area contributed by atoms with Gasteiger partial charge in [-0.1, -0.05) is 30.3 Å². The second-order valence-electron chi connectivity index (χ2n) is 7.05. The number of hydrogen-bond donors (Lipinski definition) is 0. The minimum absolute atomic E-state index is 0.236. The molecule has 2 heterocycles. The van der Waals surface area contributed by atoms with Crippen molar-refractivity contribution in [1.82, 2.24) is 4.90 Å². The minimum Gasteiger partial charge on any atom is -0.378 e. The van der Waals surface area contributed by atoms with Gasteiger partial charge < -0.3 is 14.2 Å². The van der Waals surface area contributed by atoms with E-state index in [2.05, 4.69) is 35.2 Å². The molecule has 0 radical (unpaired) electrons. The number of nitrogens with zero attached hydrogens (tertiary/aromatic N) is 1. The van der Waals surface area contributed by atoms with E-state index in [0.717, 1.165) is 51.7 Å². The van der Waals surface area contributed by atoms with Crippen molar-refractivity contribution in [2.75, 3.05) is 39.5 Å². The van der Waals surface area contributed by atoms with Crippen LogP contribution in [0.1, 0.15) is 37.3 Å². The van der Waals surface area contributed by atoms with Gasteiger partial charge in [0, 0.05) is 25.9 Å². The molecule has 126 valence electrons. The molecule has 1 aromatic carbocycles. The molecule has 2 aliphatic heterocycles. The van der Waals surface area contributed by atoms with Gasteiger partial charge in [-0.25, -0.2) is 0 Å². The predicted molar refractivity (Wildman–Crippen MR) is 88.2 cm³/mol. The summed E-state index contributed by atoms with van der Waals surface area (Å²) in [6.45, 7) is 5.40. The lowest BCUT2D eigenvalue weighted by molar-refractivity contribution is -0.184. The molecule has 1 spiro atoms. The minimum atomic E-state index is -0.236. The quantitative estimate of drug-likeness (QED) is 0.857. The highest BCUT2D eigenvalue weighted by molar-refractivity contribution is 5.19. The molecule has 4 nitrogen and oxygen atoms in total. The zero-order chi connectivity index (χ0) is 15.5. The van der Waals surface area contributed by atoms with Gasteiger partial charge in [0.05, 0.1) is 32.5 Å². The molecule has 2 saturated heterocycles. The summed E-state index contributed by atoms with van der Waals surface area (Å²) in [4.78, 5) is 2.62. The van der Waals surface area contributed by atoms with Crippen LogP contribution < -0.4 is 0 Å². The summed E-state index contributed by atoms with van der Waals surface area (Å²) < 4.78 is 17.5. The molecule has 1 unspecified atom stereocenters. The van der Waals surface area contributed by atoms with Gasteiger partial charge in [-0.2, -0.15) is 0 Å². The van der Waals surface area contributed by atoms with E-state index in [1.54, 1.807) is 0 Å². The predicted octanol–water partition coefficient (Wildman–Crippen LogP) is 2.99. The fourth-order valence-corrected chi connectivity index (χ4v) is 4.26. The van der Waals surface area contributed by atoms with E-state index in [0.29, 0.717) is 6.04 Å². The fraction of sp³-hybridized carbons (Fsp3) is 0.684. The van der Waals surface area contributed by atoms with Gasteiger partial charge in [0.15, 0.2) is 5.79 Å². The standard InChI is InChI=1S/C19H27NO3/c1-2-4-17(5-3-1)18-15-21-11-10-20(18)14-16-6-8-19(9-7-16)22-12-13-23-19/h1-5,16,18H,6-15H2. The summed E-state index contributed by atoms with van der Waals surface area (Å²) in [6, 6.07) is 11.2. The van der Waals surface area contributed by atoms with Crippen LogP contribution in [0.15, 0.2) is 30.3 Å². The molecule has 23 heavy (non-hydrogen) atoms. The number of benzene rings is 1. The van der Waals surface area contributed by atoms with E-state index in [9.17, 15) is 0 Å². The van der Waals surface area contributed by atoms with Crippen molar-refractivity contribution in [1.29, 1.82) is 0 Å². The first-order chi connectivity index (χ1) is 11.3. The highest BCUT2D eigenvalue weighted by Crippen LogP contribution is 2.39. The van der Waals surface area contributed by atoms with Crippen LogP contribution in [-0.4, -0.2) is 50.2 Å². The van der Waals surface area contributed by atoms with Crippen molar-refractivity contribution in [3.63, 3.8) is 0 Å². The van der Waals surface area contributed by atoms with Gasteiger partial charge in [0.2, 0.25) is 0 Å². The van der Waals surface area contributed by atoms with Gasteiger partial charge in [-0.05, 0) is 24.3 Å². The first kappa shape index (κ1) is 15.6. The molecular formula is C19H27NO3. The number of ether oxygens (including phenoxy) is 3. The van der Waals surface area contributed by atoms with E-state index >= 15 is 0 Å². The molecule has 0 amide bonds. The normalized spacial score (nSPS) is 29.1. The zero-order valence-corrected chi connectivity index (χ0v) is 13.8.